The highest BCUT2D eigenvalue weighted by molar-refractivity contribution is 5.90. The predicted molar refractivity (Wildman–Crippen MR) is 54.6 cm³/mol. The topological polar surface area (TPSA) is 42.1 Å². The number of carbonyl (C=O) groups is 1. The minimum atomic E-state index is 0.417. The molecule has 3 nitrogen and oxygen atoms in total. The molecule has 0 unspecified atom stereocenters. The fourth-order valence-corrected chi connectivity index (χ4v) is 1.64. The summed E-state index contributed by atoms with van der Waals surface area (Å²) in [6.45, 7) is 0. The number of H-pyrrole nitrogens is 1. The lowest BCUT2D eigenvalue weighted by molar-refractivity contribution is -0.107. The number of hydrogen-bond acceptors (Lipinski definition) is 2. The van der Waals surface area contributed by atoms with Gasteiger partial charge in [-0.05, 0) is 17.7 Å². The zero-order chi connectivity index (χ0) is 9.97. The van der Waals surface area contributed by atoms with Gasteiger partial charge in [0.1, 0.15) is 12.0 Å². The first-order valence-electron chi connectivity index (χ1n) is 4.43. The number of aromatic nitrogens is 1. The molecule has 2 aromatic rings. The lowest BCUT2D eigenvalue weighted by atomic mass is 10.1. The molecule has 72 valence electrons. The van der Waals surface area contributed by atoms with Crippen molar-refractivity contribution in [2.45, 2.75) is 6.42 Å². The summed E-state index contributed by atoms with van der Waals surface area (Å²) in [7, 11) is 1.63. The quantitative estimate of drug-likeness (QED) is 0.749. The maximum absolute atomic E-state index is 10.5. The number of nitrogens with one attached hydrogen (secondary N) is 1. The second-order valence-corrected chi connectivity index (χ2v) is 3.07. The van der Waals surface area contributed by atoms with Crippen molar-refractivity contribution >= 4 is 17.2 Å². The van der Waals surface area contributed by atoms with Gasteiger partial charge in [-0.2, -0.15) is 0 Å². The number of aldehydes is 1. The summed E-state index contributed by atoms with van der Waals surface area (Å²) in [6.07, 6.45) is 3.16. The van der Waals surface area contributed by atoms with Crippen LogP contribution in [0.15, 0.2) is 24.4 Å². The molecule has 0 radical (unpaired) electrons. The first-order valence-corrected chi connectivity index (χ1v) is 4.43. The van der Waals surface area contributed by atoms with Crippen LogP contribution in [0.2, 0.25) is 0 Å². The van der Waals surface area contributed by atoms with Gasteiger partial charge < -0.3 is 14.5 Å². The molecule has 2 rings (SSSR count). The molecule has 1 aromatic heterocycles. The molecule has 0 aliphatic heterocycles. The average Bonchev–Trinajstić information content (AvgIpc) is 2.62. The number of methoxy groups -OCH3 is 1. The molecule has 0 aliphatic carbocycles. The van der Waals surface area contributed by atoms with Crippen molar-refractivity contribution in [1.29, 1.82) is 0 Å². The van der Waals surface area contributed by atoms with Gasteiger partial charge >= 0.3 is 0 Å². The van der Waals surface area contributed by atoms with Gasteiger partial charge in [0.2, 0.25) is 0 Å². The Hall–Kier alpha value is -1.77. The van der Waals surface area contributed by atoms with Gasteiger partial charge in [0.15, 0.2) is 0 Å². The smallest absolute Gasteiger partial charge is 0.128 e. The molecule has 0 atom stereocenters. The second-order valence-electron chi connectivity index (χ2n) is 3.07. The van der Waals surface area contributed by atoms with Crippen LogP contribution in [0.1, 0.15) is 5.56 Å². The molecule has 1 aromatic carbocycles. The number of rotatable bonds is 3. The monoisotopic (exact) mass is 189 g/mol. The van der Waals surface area contributed by atoms with E-state index in [2.05, 4.69) is 4.98 Å². The zero-order valence-electron chi connectivity index (χ0n) is 7.91. The van der Waals surface area contributed by atoms with Crippen molar-refractivity contribution in [3.8, 4) is 5.75 Å². The van der Waals surface area contributed by atoms with Gasteiger partial charge in [0.25, 0.3) is 0 Å². The summed E-state index contributed by atoms with van der Waals surface area (Å²) in [5.41, 5.74) is 1.98. The number of hydrogen-bond donors (Lipinski definition) is 1. The minimum Gasteiger partial charge on any atom is -0.496 e. The largest absolute Gasteiger partial charge is 0.496 e. The van der Waals surface area contributed by atoms with E-state index in [4.69, 9.17) is 4.74 Å². The van der Waals surface area contributed by atoms with Crippen molar-refractivity contribution in [3.63, 3.8) is 0 Å². The standard InChI is InChI=1S/C11H11NO2/c1-14-10-4-2-3-9-11(10)8(5-6-13)7-12-9/h2-4,6-7,12H,5H2,1H3. The minimum absolute atomic E-state index is 0.417. The van der Waals surface area contributed by atoms with Gasteiger partial charge in [-0.1, -0.05) is 6.07 Å². The maximum Gasteiger partial charge on any atom is 0.128 e. The van der Waals surface area contributed by atoms with E-state index in [-0.39, 0.29) is 0 Å². The van der Waals surface area contributed by atoms with Crippen LogP contribution in [0.25, 0.3) is 10.9 Å². The maximum atomic E-state index is 10.5. The number of benzene rings is 1. The molecule has 0 aliphatic rings. The third kappa shape index (κ3) is 1.27. The van der Waals surface area contributed by atoms with Gasteiger partial charge in [-0.3, -0.25) is 0 Å². The van der Waals surface area contributed by atoms with Crippen LogP contribution in [0.3, 0.4) is 0 Å². The SMILES string of the molecule is COc1cccc2[nH]cc(CC=O)c12. The van der Waals surface area contributed by atoms with Crippen molar-refractivity contribution in [3.05, 3.63) is 30.0 Å². The summed E-state index contributed by atoms with van der Waals surface area (Å²) in [5.74, 6) is 0.806. The Morgan fingerprint density at radius 3 is 3.07 bits per heavy atom. The normalized spacial score (nSPS) is 10.4. The Bertz CT molecular complexity index is 459. The molecular formula is C11H11NO2. The fraction of sp³-hybridized carbons (Fsp3) is 0.182. The molecule has 14 heavy (non-hydrogen) atoms. The van der Waals surface area contributed by atoms with Crippen LogP contribution >= 0.6 is 0 Å². The fourth-order valence-electron chi connectivity index (χ4n) is 1.64. The molecule has 0 amide bonds. The van der Waals surface area contributed by atoms with Crippen molar-refractivity contribution < 1.29 is 9.53 Å². The highest BCUT2D eigenvalue weighted by Crippen LogP contribution is 2.28. The van der Waals surface area contributed by atoms with Crippen molar-refractivity contribution in [1.82, 2.24) is 4.98 Å². The molecule has 0 bridgehead atoms. The van der Waals surface area contributed by atoms with Gasteiger partial charge in [-0.25, -0.2) is 0 Å². The van der Waals surface area contributed by atoms with Gasteiger partial charge in [0.05, 0.1) is 7.11 Å². The average molecular weight is 189 g/mol. The Balaban J connectivity index is 2.67. The van der Waals surface area contributed by atoms with Crippen molar-refractivity contribution in [2.24, 2.45) is 0 Å². The molecular weight excluding hydrogens is 178 g/mol. The Kier molecular flexibility index (Phi) is 2.23. The second kappa shape index (κ2) is 3.54. The molecule has 1 N–H and O–H groups in total. The first-order chi connectivity index (χ1) is 6.86. The van der Waals surface area contributed by atoms with E-state index in [0.29, 0.717) is 6.42 Å². The zero-order valence-corrected chi connectivity index (χ0v) is 7.91. The van der Waals surface area contributed by atoms with Crippen LogP contribution in [-0.2, 0) is 11.2 Å². The highest BCUT2D eigenvalue weighted by atomic mass is 16.5. The Morgan fingerprint density at radius 2 is 2.36 bits per heavy atom. The van der Waals surface area contributed by atoms with E-state index in [9.17, 15) is 4.79 Å². The number of aromatic amines is 1. The lowest BCUT2D eigenvalue weighted by Gasteiger charge is -2.02. The summed E-state index contributed by atoms with van der Waals surface area (Å²) in [4.78, 5) is 13.6. The van der Waals surface area contributed by atoms with Crippen LogP contribution in [0.4, 0.5) is 0 Å². The van der Waals surface area contributed by atoms with Gasteiger partial charge in [-0.15, -0.1) is 0 Å². The molecule has 1 heterocycles. The van der Waals surface area contributed by atoms with E-state index in [0.717, 1.165) is 28.5 Å². The van der Waals surface area contributed by atoms with Crippen LogP contribution in [0.5, 0.6) is 5.75 Å². The van der Waals surface area contributed by atoms with E-state index in [1.165, 1.54) is 0 Å². The Morgan fingerprint density at radius 1 is 1.50 bits per heavy atom. The van der Waals surface area contributed by atoms with E-state index < -0.39 is 0 Å². The molecule has 3 heteroatoms. The van der Waals surface area contributed by atoms with Crippen molar-refractivity contribution in [2.75, 3.05) is 7.11 Å². The Labute approximate surface area is 81.7 Å². The molecule has 0 saturated heterocycles. The summed E-state index contributed by atoms with van der Waals surface area (Å²) < 4.78 is 5.24. The van der Waals surface area contributed by atoms with Crippen LogP contribution in [0, 0.1) is 0 Å². The van der Waals surface area contributed by atoms with Crippen LogP contribution < -0.4 is 4.74 Å². The third-order valence-corrected chi connectivity index (χ3v) is 2.27. The predicted octanol–water partition coefficient (Wildman–Crippen LogP) is 1.92. The molecule has 0 saturated carbocycles. The number of ether oxygens (including phenoxy) is 1. The number of carbonyl (C=O) groups excluding carboxylic acids is 1. The summed E-state index contributed by atoms with van der Waals surface area (Å²) in [5, 5.41) is 1.00. The molecule has 0 spiro atoms. The first kappa shape index (κ1) is 8.81. The summed E-state index contributed by atoms with van der Waals surface area (Å²) >= 11 is 0. The van der Waals surface area contributed by atoms with E-state index in [1.54, 1.807) is 7.11 Å². The highest BCUT2D eigenvalue weighted by Gasteiger charge is 2.07. The van der Waals surface area contributed by atoms with E-state index in [1.807, 2.05) is 24.4 Å². The van der Waals surface area contributed by atoms with Gasteiger partial charge in [0, 0.05) is 23.5 Å². The molecule has 0 fully saturated rings. The third-order valence-electron chi connectivity index (χ3n) is 2.27. The van der Waals surface area contributed by atoms with Crippen LogP contribution in [-0.4, -0.2) is 18.4 Å². The lowest BCUT2D eigenvalue weighted by Crippen LogP contribution is -1.87. The summed E-state index contributed by atoms with van der Waals surface area (Å²) in [6, 6.07) is 5.78. The number of fused-ring (bicyclic) bond motifs is 1. The van der Waals surface area contributed by atoms with E-state index >= 15 is 0 Å².